The topological polar surface area (TPSA) is 136 Å². The molecule has 1 aliphatic rings. The van der Waals surface area contributed by atoms with Crippen LogP contribution in [0.1, 0.15) is 30.0 Å². The highest BCUT2D eigenvalue weighted by atomic mass is 32.2. The van der Waals surface area contributed by atoms with Crippen molar-refractivity contribution in [1.82, 2.24) is 4.72 Å². The second-order valence-electron chi connectivity index (χ2n) is 7.90. The first-order valence-corrected chi connectivity index (χ1v) is 12.1. The Morgan fingerprint density at radius 3 is 2.53 bits per heavy atom. The van der Waals surface area contributed by atoms with E-state index in [0.717, 1.165) is 17.5 Å². The standard InChI is InChI=1S/C24H22N2O7S/c27-24(28)15-33-23-9-3-6-20-21(23)7-2-8-22(20)25-34(31,32)19-12-10-16(11-13-19)17-4-1-5-18(14-17)26(29)30/h1,3-6,9-14,22,25H,2,7-8,15H2,(H,27,28). The number of hydrogen-bond acceptors (Lipinski definition) is 6. The predicted molar refractivity (Wildman–Crippen MR) is 124 cm³/mol. The van der Waals surface area contributed by atoms with E-state index in [1.165, 1.54) is 24.3 Å². The fourth-order valence-electron chi connectivity index (χ4n) is 4.09. The number of ether oxygens (including phenoxy) is 1. The lowest BCUT2D eigenvalue weighted by atomic mass is 9.87. The number of nitro benzene ring substituents is 1. The molecule has 3 aromatic carbocycles. The van der Waals surface area contributed by atoms with Crippen LogP contribution >= 0.6 is 0 Å². The Morgan fingerprint density at radius 2 is 1.82 bits per heavy atom. The molecule has 3 aromatic rings. The zero-order valence-corrected chi connectivity index (χ0v) is 18.8. The Morgan fingerprint density at radius 1 is 1.09 bits per heavy atom. The maximum absolute atomic E-state index is 13.1. The fourth-order valence-corrected chi connectivity index (χ4v) is 5.34. The first-order valence-electron chi connectivity index (χ1n) is 10.6. The number of fused-ring (bicyclic) bond motifs is 1. The molecule has 0 heterocycles. The summed E-state index contributed by atoms with van der Waals surface area (Å²) in [5, 5.41) is 19.9. The summed E-state index contributed by atoms with van der Waals surface area (Å²) in [6.07, 6.45) is 1.99. The van der Waals surface area contributed by atoms with E-state index >= 15 is 0 Å². The van der Waals surface area contributed by atoms with E-state index in [-0.39, 0.29) is 10.6 Å². The first-order chi connectivity index (χ1) is 16.2. The van der Waals surface area contributed by atoms with E-state index in [2.05, 4.69) is 4.72 Å². The predicted octanol–water partition coefficient (Wildman–Crippen LogP) is 4.08. The number of hydrogen-bond donors (Lipinski definition) is 2. The fraction of sp³-hybridized carbons (Fsp3) is 0.208. The minimum absolute atomic E-state index is 0.0430. The number of carboxylic acids is 1. The van der Waals surface area contributed by atoms with E-state index < -0.39 is 33.6 Å². The van der Waals surface area contributed by atoms with Crippen molar-refractivity contribution in [3.8, 4) is 16.9 Å². The number of non-ortho nitro benzene ring substituents is 1. The van der Waals surface area contributed by atoms with Crippen molar-refractivity contribution in [3.05, 3.63) is 88.0 Å². The molecule has 0 bridgehead atoms. The van der Waals surface area contributed by atoms with Gasteiger partial charge < -0.3 is 9.84 Å². The number of nitrogens with one attached hydrogen (secondary N) is 1. The van der Waals surface area contributed by atoms with E-state index in [1.54, 1.807) is 36.4 Å². The van der Waals surface area contributed by atoms with Gasteiger partial charge in [-0.05, 0) is 59.7 Å². The minimum atomic E-state index is -3.85. The van der Waals surface area contributed by atoms with Crippen LogP contribution in [0, 0.1) is 10.1 Å². The average Bonchev–Trinajstić information content (AvgIpc) is 2.83. The molecule has 0 amide bonds. The Hall–Kier alpha value is -3.76. The molecule has 0 spiro atoms. The van der Waals surface area contributed by atoms with Crippen LogP contribution in [-0.2, 0) is 21.2 Å². The number of aliphatic carboxylic acids is 1. The monoisotopic (exact) mass is 482 g/mol. The normalized spacial score (nSPS) is 15.4. The molecule has 1 unspecified atom stereocenters. The van der Waals surface area contributed by atoms with Crippen molar-refractivity contribution >= 4 is 21.7 Å². The van der Waals surface area contributed by atoms with Crippen molar-refractivity contribution in [2.75, 3.05) is 6.61 Å². The van der Waals surface area contributed by atoms with Crippen molar-refractivity contribution in [1.29, 1.82) is 0 Å². The molecular weight excluding hydrogens is 460 g/mol. The van der Waals surface area contributed by atoms with Gasteiger partial charge in [0.2, 0.25) is 10.0 Å². The third kappa shape index (κ3) is 5.08. The van der Waals surface area contributed by atoms with Gasteiger partial charge in [-0.2, -0.15) is 0 Å². The summed E-state index contributed by atoms with van der Waals surface area (Å²) in [6.45, 7) is -0.468. The molecule has 0 fully saturated rings. The lowest BCUT2D eigenvalue weighted by Crippen LogP contribution is -2.31. The molecule has 4 rings (SSSR count). The number of benzene rings is 3. The van der Waals surface area contributed by atoms with E-state index in [0.29, 0.717) is 29.7 Å². The SMILES string of the molecule is O=C(O)COc1cccc2c1CCCC2NS(=O)(=O)c1ccc(-c2cccc([N+](=O)[O-])c2)cc1. The van der Waals surface area contributed by atoms with Gasteiger partial charge in [0.1, 0.15) is 5.75 Å². The molecule has 34 heavy (non-hydrogen) atoms. The molecule has 0 aliphatic heterocycles. The molecule has 176 valence electrons. The molecule has 0 saturated heterocycles. The third-order valence-corrected chi connectivity index (χ3v) is 7.16. The Bertz CT molecular complexity index is 1340. The molecule has 1 aliphatic carbocycles. The Kier molecular flexibility index (Phi) is 6.62. The first kappa shape index (κ1) is 23.4. The highest BCUT2D eigenvalue weighted by Crippen LogP contribution is 2.36. The lowest BCUT2D eigenvalue weighted by Gasteiger charge is -2.27. The Balaban J connectivity index is 1.55. The van der Waals surface area contributed by atoms with Gasteiger partial charge in [0, 0.05) is 18.2 Å². The molecule has 0 saturated carbocycles. The van der Waals surface area contributed by atoms with Crippen molar-refractivity contribution in [3.63, 3.8) is 0 Å². The number of rotatable bonds is 8. The van der Waals surface area contributed by atoms with Gasteiger partial charge >= 0.3 is 5.97 Å². The van der Waals surface area contributed by atoms with Crippen LogP contribution in [0.2, 0.25) is 0 Å². The summed E-state index contributed by atoms with van der Waals surface area (Å²) in [6, 6.07) is 17.0. The summed E-state index contributed by atoms with van der Waals surface area (Å²) in [5.74, 6) is -0.635. The molecule has 0 radical (unpaired) electrons. The van der Waals surface area contributed by atoms with Crippen LogP contribution in [-0.4, -0.2) is 31.0 Å². The van der Waals surface area contributed by atoms with E-state index in [1.807, 2.05) is 6.07 Å². The number of carboxylic acid groups (broad SMARTS) is 1. The molecule has 1 atom stereocenters. The third-order valence-electron chi connectivity index (χ3n) is 5.67. The van der Waals surface area contributed by atoms with Crippen LogP contribution in [0.4, 0.5) is 5.69 Å². The van der Waals surface area contributed by atoms with Crippen LogP contribution in [0.3, 0.4) is 0 Å². The molecule has 10 heteroatoms. The zero-order valence-electron chi connectivity index (χ0n) is 18.0. The highest BCUT2D eigenvalue weighted by Gasteiger charge is 2.27. The van der Waals surface area contributed by atoms with Gasteiger partial charge in [0.25, 0.3) is 5.69 Å². The van der Waals surface area contributed by atoms with Gasteiger partial charge in [0.15, 0.2) is 6.61 Å². The van der Waals surface area contributed by atoms with Crippen LogP contribution < -0.4 is 9.46 Å². The number of carbonyl (C=O) groups is 1. The summed E-state index contributed by atoms with van der Waals surface area (Å²) in [5.41, 5.74) is 2.81. The summed E-state index contributed by atoms with van der Waals surface area (Å²) in [7, 11) is -3.85. The van der Waals surface area contributed by atoms with Crippen LogP contribution in [0.25, 0.3) is 11.1 Å². The number of nitrogens with zero attached hydrogens (tertiary/aromatic N) is 1. The maximum Gasteiger partial charge on any atom is 0.341 e. The minimum Gasteiger partial charge on any atom is -0.482 e. The van der Waals surface area contributed by atoms with Gasteiger partial charge in [-0.3, -0.25) is 10.1 Å². The number of sulfonamides is 1. The zero-order chi connectivity index (χ0) is 24.3. The molecule has 2 N–H and O–H groups in total. The van der Waals surface area contributed by atoms with Gasteiger partial charge in [0.05, 0.1) is 9.82 Å². The van der Waals surface area contributed by atoms with E-state index in [9.17, 15) is 23.3 Å². The second kappa shape index (κ2) is 9.62. The van der Waals surface area contributed by atoms with Crippen LogP contribution in [0.15, 0.2) is 71.6 Å². The number of nitro groups is 1. The molecule has 0 aromatic heterocycles. The Labute approximate surface area is 196 Å². The van der Waals surface area contributed by atoms with Crippen molar-refractivity contribution in [2.24, 2.45) is 0 Å². The lowest BCUT2D eigenvalue weighted by molar-refractivity contribution is -0.384. The second-order valence-corrected chi connectivity index (χ2v) is 9.62. The average molecular weight is 483 g/mol. The largest absolute Gasteiger partial charge is 0.482 e. The van der Waals surface area contributed by atoms with E-state index in [4.69, 9.17) is 9.84 Å². The quantitative estimate of drug-likeness (QED) is 0.365. The smallest absolute Gasteiger partial charge is 0.341 e. The summed E-state index contributed by atoms with van der Waals surface area (Å²) < 4.78 is 34.3. The van der Waals surface area contributed by atoms with Crippen molar-refractivity contribution in [2.45, 2.75) is 30.2 Å². The maximum atomic E-state index is 13.1. The summed E-state index contributed by atoms with van der Waals surface area (Å²) in [4.78, 5) is 21.5. The van der Waals surface area contributed by atoms with Crippen LogP contribution in [0.5, 0.6) is 5.75 Å². The molecule has 9 nitrogen and oxygen atoms in total. The van der Waals surface area contributed by atoms with Crippen molar-refractivity contribution < 1.29 is 28.0 Å². The summed E-state index contributed by atoms with van der Waals surface area (Å²) >= 11 is 0. The highest BCUT2D eigenvalue weighted by molar-refractivity contribution is 7.89. The van der Waals surface area contributed by atoms with Gasteiger partial charge in [-0.25, -0.2) is 17.9 Å². The van der Waals surface area contributed by atoms with Gasteiger partial charge in [-0.15, -0.1) is 0 Å². The van der Waals surface area contributed by atoms with Gasteiger partial charge in [-0.1, -0.05) is 36.4 Å². The molecular formula is C24H22N2O7S.